The summed E-state index contributed by atoms with van der Waals surface area (Å²) >= 11 is 0. The van der Waals surface area contributed by atoms with Gasteiger partial charge in [-0.3, -0.25) is 0 Å². The van der Waals surface area contributed by atoms with Gasteiger partial charge in [0.2, 0.25) is 0 Å². The molecule has 9 aromatic rings. The van der Waals surface area contributed by atoms with Crippen molar-refractivity contribution < 1.29 is 52.8 Å². The molecule has 1 radical (unpaired) electrons. The molecule has 0 spiro atoms. The Labute approximate surface area is 365 Å². The summed E-state index contributed by atoms with van der Waals surface area (Å²) < 4.78 is 134. The molecule has 0 N–H and O–H groups in total. The number of pyridine rings is 2. The zero-order chi connectivity index (χ0) is 49.4. The summed E-state index contributed by atoms with van der Waals surface area (Å²) in [5.41, 5.74) is 0.879. The summed E-state index contributed by atoms with van der Waals surface area (Å²) in [4.78, 5) is 8.70. The third-order valence-corrected chi connectivity index (χ3v) is 9.47. The van der Waals surface area contributed by atoms with Crippen molar-refractivity contribution in [2.75, 3.05) is 0 Å². The molecule has 293 valence electrons. The number of nitrogens with zero attached hydrogens (tertiary/aromatic N) is 2. The number of benzene rings is 6. The minimum Gasteiger partial charge on any atom is -0.501 e. The molecule has 0 saturated heterocycles. The van der Waals surface area contributed by atoms with E-state index in [1.165, 1.54) is 18.3 Å². The third kappa shape index (κ3) is 8.34. The fourth-order valence-electron chi connectivity index (χ4n) is 6.85. The van der Waals surface area contributed by atoms with Crippen molar-refractivity contribution in [1.29, 1.82) is 0 Å². The molecule has 3 heterocycles. The average Bonchev–Trinajstić information content (AvgIpc) is 3.64. The van der Waals surface area contributed by atoms with Gasteiger partial charge in [0.15, 0.2) is 0 Å². The molecule has 0 aliphatic rings. The van der Waals surface area contributed by atoms with E-state index in [-0.39, 0.29) is 48.1 Å². The average molecular weight is 958 g/mol. The fourth-order valence-corrected chi connectivity index (χ4v) is 6.85. The van der Waals surface area contributed by atoms with E-state index < -0.39 is 49.6 Å². The standard InChI is InChI=1S/C34H21F3NO.C17H20N.Ir/c1-19-14-23(34(35,36)37)12-13-24(19)28-16-31(38-18-20(28)2)27-9-5-8-26-30-15-22-11-10-21-6-3-4-7-25(21)29(22)17-32(30)39-33(26)27;1-13-5-8-15(9-6-13)16-10-7-14(12-18-16)11-17(2,3)4;/h3-8,10-18H,1-2H3;5-8,10,12H,11H2,1-4H3;/q2*-1;/i1D3,2D3;1D3,11D2;. The summed E-state index contributed by atoms with van der Waals surface area (Å²) in [5.74, 6) is 0. The number of aryl methyl sites for hydroxylation is 3. The summed E-state index contributed by atoms with van der Waals surface area (Å²) in [5, 5.41) is 5.77. The maximum atomic E-state index is 13.6. The van der Waals surface area contributed by atoms with Crippen LogP contribution in [0.2, 0.25) is 0 Å². The predicted molar refractivity (Wildman–Crippen MR) is 227 cm³/mol. The number of fused-ring (bicyclic) bond motifs is 6. The Kier molecular flexibility index (Phi) is 7.91. The van der Waals surface area contributed by atoms with Crippen LogP contribution < -0.4 is 0 Å². The minimum atomic E-state index is -4.79. The first kappa shape index (κ1) is 28.7. The molecule has 9 rings (SSSR count). The Morgan fingerprint density at radius 1 is 0.690 bits per heavy atom. The van der Waals surface area contributed by atoms with E-state index >= 15 is 0 Å². The van der Waals surface area contributed by atoms with Gasteiger partial charge in [-0.25, -0.2) is 0 Å². The largest absolute Gasteiger partial charge is 0.501 e. The number of aromatic nitrogens is 2. The molecule has 58 heavy (non-hydrogen) atoms. The quantitative estimate of drug-likeness (QED) is 0.130. The molecule has 0 aliphatic carbocycles. The molecule has 0 aliphatic heterocycles. The van der Waals surface area contributed by atoms with Crippen molar-refractivity contribution >= 4 is 43.5 Å². The topological polar surface area (TPSA) is 38.9 Å². The van der Waals surface area contributed by atoms with E-state index in [9.17, 15) is 13.2 Å². The Morgan fingerprint density at radius 3 is 2.22 bits per heavy atom. The fraction of sp³-hybridized carbons (Fsp3) is 0.176. The second-order valence-corrected chi connectivity index (χ2v) is 14.7. The van der Waals surface area contributed by atoms with E-state index in [4.69, 9.17) is 19.5 Å². The normalized spacial score (nSPS) is 15.5. The van der Waals surface area contributed by atoms with Gasteiger partial charge < -0.3 is 14.4 Å². The van der Waals surface area contributed by atoms with E-state index in [0.717, 1.165) is 50.6 Å². The first-order valence-electron chi connectivity index (χ1n) is 23.5. The second kappa shape index (κ2) is 16.0. The van der Waals surface area contributed by atoms with Crippen LogP contribution in [0.1, 0.15) is 63.7 Å². The van der Waals surface area contributed by atoms with Crippen LogP contribution in [0.25, 0.3) is 77.1 Å². The van der Waals surface area contributed by atoms with Gasteiger partial charge in [-0.1, -0.05) is 99.2 Å². The van der Waals surface area contributed by atoms with Gasteiger partial charge in [-0.05, 0) is 111 Å². The molecule has 0 fully saturated rings. The van der Waals surface area contributed by atoms with E-state index in [0.29, 0.717) is 39.6 Å². The van der Waals surface area contributed by atoms with Gasteiger partial charge in [0.1, 0.15) is 5.58 Å². The van der Waals surface area contributed by atoms with Crippen LogP contribution in [0.15, 0.2) is 132 Å². The number of furan rings is 1. The number of hydrogen-bond acceptors (Lipinski definition) is 3. The van der Waals surface area contributed by atoms with Gasteiger partial charge >= 0.3 is 6.18 Å². The van der Waals surface area contributed by atoms with Crippen LogP contribution in [0.5, 0.6) is 0 Å². The van der Waals surface area contributed by atoms with Gasteiger partial charge in [-0.2, -0.15) is 13.2 Å². The van der Waals surface area contributed by atoms with Crippen LogP contribution in [-0.2, 0) is 32.7 Å². The van der Waals surface area contributed by atoms with Crippen molar-refractivity contribution in [2.45, 2.75) is 53.9 Å². The molecule has 0 saturated carbocycles. The monoisotopic (exact) mass is 958 g/mol. The number of halogens is 3. The Hall–Kier alpha value is -5.62. The third-order valence-electron chi connectivity index (χ3n) is 9.47. The summed E-state index contributed by atoms with van der Waals surface area (Å²) in [7, 11) is 0. The van der Waals surface area contributed by atoms with E-state index in [1.54, 1.807) is 30.3 Å². The molecule has 0 amide bonds. The molecule has 6 aromatic carbocycles. The van der Waals surface area contributed by atoms with Crippen molar-refractivity contribution in [3.63, 3.8) is 0 Å². The Morgan fingerprint density at radius 2 is 1.50 bits per heavy atom. The Bertz CT molecular complexity index is 3360. The predicted octanol–water partition coefficient (Wildman–Crippen LogP) is 14.5. The number of hydrogen-bond donors (Lipinski definition) is 0. The smallest absolute Gasteiger partial charge is 0.416 e. The molecule has 0 bridgehead atoms. The van der Waals surface area contributed by atoms with Crippen LogP contribution >= 0.6 is 0 Å². The Balaban J connectivity index is 0.000000248. The molecule has 0 atom stereocenters. The molecule has 3 aromatic heterocycles. The van der Waals surface area contributed by atoms with Crippen LogP contribution in [0, 0.1) is 38.1 Å². The number of alkyl halides is 3. The van der Waals surface area contributed by atoms with Crippen molar-refractivity contribution in [3.05, 3.63) is 168 Å². The first-order valence-corrected chi connectivity index (χ1v) is 18.0. The first-order chi connectivity index (χ1) is 31.6. The van der Waals surface area contributed by atoms with Crippen molar-refractivity contribution in [3.8, 4) is 33.6 Å². The maximum absolute atomic E-state index is 13.6. The summed E-state index contributed by atoms with van der Waals surface area (Å²) in [6, 6.07) is 37.5. The maximum Gasteiger partial charge on any atom is 0.416 e. The molecule has 3 nitrogen and oxygen atoms in total. The summed E-state index contributed by atoms with van der Waals surface area (Å²) in [6.07, 6.45) is -3.65. The zero-order valence-electron chi connectivity index (χ0n) is 42.4. The van der Waals surface area contributed by atoms with E-state index in [2.05, 4.69) is 28.2 Å². The van der Waals surface area contributed by atoms with Gasteiger partial charge in [0.05, 0.1) is 11.1 Å². The molecule has 7 heteroatoms. The minimum absolute atomic E-state index is 0. The molecular weight excluding hydrogens is 906 g/mol. The second-order valence-electron chi connectivity index (χ2n) is 14.7. The van der Waals surface area contributed by atoms with E-state index in [1.807, 2.05) is 69.3 Å². The summed E-state index contributed by atoms with van der Waals surface area (Å²) in [6.45, 7) is -2.31. The molecule has 0 unspecified atom stereocenters. The van der Waals surface area contributed by atoms with Crippen LogP contribution in [0.3, 0.4) is 0 Å². The van der Waals surface area contributed by atoms with Crippen LogP contribution in [0.4, 0.5) is 13.2 Å². The van der Waals surface area contributed by atoms with Gasteiger partial charge in [0.25, 0.3) is 0 Å². The number of rotatable bonds is 4. The molecular formula is C51H41F3IrN2O-2. The van der Waals surface area contributed by atoms with Crippen molar-refractivity contribution in [2.24, 2.45) is 5.41 Å². The van der Waals surface area contributed by atoms with Crippen LogP contribution in [-0.4, -0.2) is 9.97 Å². The zero-order valence-corrected chi connectivity index (χ0v) is 33.8. The van der Waals surface area contributed by atoms with Gasteiger partial charge in [-0.15, -0.1) is 53.6 Å². The van der Waals surface area contributed by atoms with Gasteiger partial charge in [0, 0.05) is 53.0 Å². The SMILES string of the molecule is [2H]C([2H])([2H])c1c[c-]c(-c2ccc(C([2H])([2H])C(C)(C)C)cn2)cc1.[2H]C([2H])([2H])c1cnc(-c2[c-]ccc3c2oc2cc4c(ccc5ccccc54)cc23)cc1-c1ccc(C(F)(F)F)cc1C([2H])([2H])[2H].[Ir]. The van der Waals surface area contributed by atoms with Crippen molar-refractivity contribution in [1.82, 2.24) is 9.97 Å².